The van der Waals surface area contributed by atoms with Crippen LogP contribution in [0.4, 0.5) is 5.69 Å². The van der Waals surface area contributed by atoms with Crippen molar-refractivity contribution in [3.05, 3.63) is 93.5 Å². The molecule has 3 aromatic carbocycles. The van der Waals surface area contributed by atoms with Gasteiger partial charge in [0.25, 0.3) is 10.0 Å². The minimum atomic E-state index is -4.18. The van der Waals surface area contributed by atoms with Gasteiger partial charge in [-0.2, -0.15) is 0 Å². The van der Waals surface area contributed by atoms with Gasteiger partial charge in [-0.15, -0.1) is 0 Å². The minimum Gasteiger partial charge on any atom is -0.352 e. The Balaban J connectivity index is 2.06. The topological polar surface area (TPSA) is 86.8 Å². The molecule has 0 aliphatic carbocycles. The van der Waals surface area contributed by atoms with Crippen LogP contribution in [0.2, 0.25) is 10.0 Å². The van der Waals surface area contributed by atoms with Crippen molar-refractivity contribution in [1.82, 2.24) is 10.2 Å². The summed E-state index contributed by atoms with van der Waals surface area (Å²) in [6, 6.07) is 17.0. The van der Waals surface area contributed by atoms with Crippen molar-refractivity contribution in [1.29, 1.82) is 0 Å². The molecular formula is C30H35Cl2N3O4S. The molecule has 0 spiro atoms. The Kier molecular flexibility index (Phi) is 10.6. The lowest BCUT2D eigenvalue weighted by Gasteiger charge is -2.32. The predicted octanol–water partition coefficient (Wildman–Crippen LogP) is 6.14. The lowest BCUT2D eigenvalue weighted by Crippen LogP contribution is -2.52. The van der Waals surface area contributed by atoms with E-state index in [0.29, 0.717) is 21.3 Å². The van der Waals surface area contributed by atoms with E-state index in [4.69, 9.17) is 23.2 Å². The van der Waals surface area contributed by atoms with Gasteiger partial charge in [0.15, 0.2) is 0 Å². The molecule has 0 aliphatic heterocycles. The molecule has 0 aromatic heterocycles. The van der Waals surface area contributed by atoms with Gasteiger partial charge in [0.1, 0.15) is 12.6 Å². The number of halogens is 2. The second kappa shape index (κ2) is 13.5. The summed E-state index contributed by atoms with van der Waals surface area (Å²) in [5, 5.41) is 3.74. The zero-order chi connectivity index (χ0) is 29.6. The minimum absolute atomic E-state index is 0.0110. The van der Waals surface area contributed by atoms with Gasteiger partial charge < -0.3 is 10.2 Å². The van der Waals surface area contributed by atoms with Crippen LogP contribution < -0.4 is 9.62 Å². The molecule has 1 N–H and O–H groups in total. The molecule has 3 aromatic rings. The number of hydrogen-bond donors (Lipinski definition) is 1. The summed E-state index contributed by atoms with van der Waals surface area (Å²) >= 11 is 12.4. The molecule has 0 heterocycles. The van der Waals surface area contributed by atoms with Crippen LogP contribution in [0.5, 0.6) is 0 Å². The van der Waals surface area contributed by atoms with E-state index in [-0.39, 0.29) is 23.4 Å². The summed E-state index contributed by atoms with van der Waals surface area (Å²) in [6.07, 6.45) is 0.719. The summed E-state index contributed by atoms with van der Waals surface area (Å²) in [5.74, 6) is -0.893. The number of carbonyl (C=O) groups excluding carboxylic acids is 2. The van der Waals surface area contributed by atoms with Crippen LogP contribution in [0.25, 0.3) is 0 Å². The lowest BCUT2D eigenvalue weighted by atomic mass is 10.1. The summed E-state index contributed by atoms with van der Waals surface area (Å²) in [4.78, 5) is 28.5. The molecule has 10 heteroatoms. The van der Waals surface area contributed by atoms with E-state index in [1.54, 1.807) is 43.3 Å². The largest absolute Gasteiger partial charge is 0.352 e. The number of amides is 2. The van der Waals surface area contributed by atoms with Crippen molar-refractivity contribution in [3.8, 4) is 0 Å². The summed E-state index contributed by atoms with van der Waals surface area (Å²) in [6.45, 7) is 8.75. The lowest BCUT2D eigenvalue weighted by molar-refractivity contribution is -0.139. The number of anilines is 1. The van der Waals surface area contributed by atoms with Gasteiger partial charge >= 0.3 is 0 Å². The van der Waals surface area contributed by atoms with Crippen LogP contribution >= 0.6 is 23.2 Å². The SMILES string of the molecule is CC[C@@H](C)NC(=O)[C@H](C)N(Cc1ccccc1Cl)C(=O)CN(c1ccc(C)c(C)c1)S(=O)(=O)c1ccc(Cl)cc1. The monoisotopic (exact) mass is 603 g/mol. The molecule has 214 valence electrons. The number of nitrogens with zero attached hydrogens (tertiary/aromatic N) is 2. The molecular weight excluding hydrogens is 569 g/mol. The summed E-state index contributed by atoms with van der Waals surface area (Å²) in [5.41, 5.74) is 2.82. The molecule has 0 unspecified atom stereocenters. The molecule has 7 nitrogen and oxygen atoms in total. The highest BCUT2D eigenvalue weighted by Gasteiger charge is 2.33. The normalized spacial score (nSPS) is 12.9. The van der Waals surface area contributed by atoms with Crippen molar-refractivity contribution in [3.63, 3.8) is 0 Å². The van der Waals surface area contributed by atoms with Crippen molar-refractivity contribution in [2.24, 2.45) is 0 Å². The predicted molar refractivity (Wildman–Crippen MR) is 161 cm³/mol. The van der Waals surface area contributed by atoms with E-state index in [1.807, 2.05) is 33.8 Å². The van der Waals surface area contributed by atoms with Crippen LogP contribution in [-0.2, 0) is 26.2 Å². The van der Waals surface area contributed by atoms with E-state index < -0.39 is 28.5 Å². The van der Waals surface area contributed by atoms with E-state index in [0.717, 1.165) is 21.9 Å². The Labute approximate surface area is 247 Å². The Morgan fingerprint density at radius 2 is 1.57 bits per heavy atom. The van der Waals surface area contributed by atoms with Crippen molar-refractivity contribution < 1.29 is 18.0 Å². The first-order valence-corrected chi connectivity index (χ1v) is 15.2. The third-order valence-electron chi connectivity index (χ3n) is 6.93. The maximum Gasteiger partial charge on any atom is 0.264 e. The Morgan fingerprint density at radius 1 is 0.925 bits per heavy atom. The quantitative estimate of drug-likeness (QED) is 0.285. The van der Waals surface area contributed by atoms with Crippen molar-refractivity contribution >= 4 is 50.7 Å². The number of benzene rings is 3. The third-order valence-corrected chi connectivity index (χ3v) is 9.33. The highest BCUT2D eigenvalue weighted by Crippen LogP contribution is 2.27. The fourth-order valence-corrected chi connectivity index (χ4v) is 5.73. The first-order chi connectivity index (χ1) is 18.8. The number of aryl methyl sites for hydroxylation is 2. The maximum absolute atomic E-state index is 14.0. The first-order valence-electron chi connectivity index (χ1n) is 13.0. The fourth-order valence-electron chi connectivity index (χ4n) is 4.00. The Morgan fingerprint density at radius 3 is 2.17 bits per heavy atom. The van der Waals surface area contributed by atoms with Crippen LogP contribution in [-0.4, -0.2) is 43.8 Å². The van der Waals surface area contributed by atoms with Gasteiger partial charge in [-0.25, -0.2) is 8.42 Å². The van der Waals surface area contributed by atoms with Crippen LogP contribution in [0.15, 0.2) is 71.6 Å². The molecule has 0 bridgehead atoms. The number of hydrogen-bond acceptors (Lipinski definition) is 4. The highest BCUT2D eigenvalue weighted by molar-refractivity contribution is 7.92. The standard InChI is InChI=1S/C30H35Cl2N3O4S/c1-6-22(4)33-30(37)23(5)34(18-24-9-7-8-10-28(24)32)29(36)19-35(26-14-11-20(2)21(3)17-26)40(38,39)27-15-12-25(31)13-16-27/h7-17,22-23H,6,18-19H2,1-5H3,(H,33,37)/t22-,23+/m1/s1. The second-order valence-corrected chi connectivity index (χ2v) is 12.5. The third kappa shape index (κ3) is 7.56. The Bertz CT molecular complexity index is 1460. The fraction of sp³-hybridized carbons (Fsp3) is 0.333. The van der Waals surface area contributed by atoms with Gasteiger partial charge in [0.2, 0.25) is 11.8 Å². The number of nitrogens with one attached hydrogen (secondary N) is 1. The smallest absolute Gasteiger partial charge is 0.264 e. The Hall–Kier alpha value is -3.07. The van der Waals surface area contributed by atoms with Crippen molar-refractivity contribution in [2.45, 2.75) is 64.6 Å². The molecule has 2 amide bonds. The van der Waals surface area contributed by atoms with Crippen LogP contribution in [0.3, 0.4) is 0 Å². The van der Waals surface area contributed by atoms with E-state index >= 15 is 0 Å². The zero-order valence-electron chi connectivity index (χ0n) is 23.3. The number of rotatable bonds is 11. The molecule has 3 rings (SSSR count). The molecule has 40 heavy (non-hydrogen) atoms. The average Bonchev–Trinajstić information content (AvgIpc) is 2.92. The van der Waals surface area contributed by atoms with Crippen molar-refractivity contribution in [2.75, 3.05) is 10.8 Å². The second-order valence-electron chi connectivity index (χ2n) is 9.84. The zero-order valence-corrected chi connectivity index (χ0v) is 25.6. The number of carbonyl (C=O) groups is 2. The van der Waals surface area contributed by atoms with E-state index in [9.17, 15) is 18.0 Å². The highest BCUT2D eigenvalue weighted by atomic mass is 35.5. The van der Waals surface area contributed by atoms with Gasteiger partial charge in [0, 0.05) is 22.6 Å². The van der Waals surface area contributed by atoms with Gasteiger partial charge in [0.05, 0.1) is 10.6 Å². The average molecular weight is 605 g/mol. The van der Waals surface area contributed by atoms with Gasteiger partial charge in [-0.1, -0.05) is 54.4 Å². The molecule has 0 saturated heterocycles. The van der Waals surface area contributed by atoms with E-state index in [1.165, 1.54) is 29.2 Å². The van der Waals surface area contributed by atoms with Gasteiger partial charge in [-0.05, 0) is 93.3 Å². The molecule has 0 saturated carbocycles. The first kappa shape index (κ1) is 31.5. The molecule has 0 aliphatic rings. The summed E-state index contributed by atoms with van der Waals surface area (Å²) < 4.78 is 28.9. The molecule has 0 fully saturated rings. The molecule has 0 radical (unpaired) electrons. The summed E-state index contributed by atoms with van der Waals surface area (Å²) in [7, 11) is -4.18. The number of sulfonamides is 1. The van der Waals surface area contributed by atoms with E-state index in [2.05, 4.69) is 5.32 Å². The maximum atomic E-state index is 14.0. The molecule has 2 atom stereocenters. The van der Waals surface area contributed by atoms with Gasteiger partial charge in [-0.3, -0.25) is 13.9 Å². The van der Waals surface area contributed by atoms with Crippen LogP contribution in [0.1, 0.15) is 43.9 Å². The van der Waals surface area contributed by atoms with Crippen LogP contribution in [0, 0.1) is 13.8 Å².